The Morgan fingerprint density at radius 2 is 1.80 bits per heavy atom. The molecule has 0 saturated carbocycles. The average Bonchev–Trinajstić information content (AvgIpc) is 2.74. The Morgan fingerprint density at radius 1 is 1.20 bits per heavy atom. The molecule has 1 aromatic carbocycles. The van der Waals surface area contributed by atoms with Gasteiger partial charge in [-0.2, -0.15) is 21.6 Å². The van der Waals surface area contributed by atoms with Crippen molar-refractivity contribution in [2.45, 2.75) is 5.51 Å². The smallest absolute Gasteiger partial charge is 0.336 e. The SMILES string of the molecule is O=C1NCCN1c1ccc(NS(=O)(=O)C(F)(F)F)cc1. The van der Waals surface area contributed by atoms with Gasteiger partial charge in [-0.05, 0) is 24.3 Å². The zero-order valence-electron chi connectivity index (χ0n) is 9.94. The lowest BCUT2D eigenvalue weighted by molar-refractivity contribution is -0.0429. The largest absolute Gasteiger partial charge is 0.516 e. The summed E-state index contributed by atoms with van der Waals surface area (Å²) < 4.78 is 59.8. The number of hydrogen-bond acceptors (Lipinski definition) is 3. The Hall–Kier alpha value is -1.97. The monoisotopic (exact) mass is 309 g/mol. The number of rotatable bonds is 3. The third-order valence-electron chi connectivity index (χ3n) is 2.59. The molecule has 2 rings (SSSR count). The fourth-order valence-electron chi connectivity index (χ4n) is 1.64. The summed E-state index contributed by atoms with van der Waals surface area (Å²) in [5.74, 6) is 0. The lowest BCUT2D eigenvalue weighted by Crippen LogP contribution is -2.30. The van der Waals surface area contributed by atoms with Crippen LogP contribution in [0.25, 0.3) is 0 Å². The Kier molecular flexibility index (Phi) is 3.50. The summed E-state index contributed by atoms with van der Waals surface area (Å²) in [7, 11) is -5.44. The summed E-state index contributed by atoms with van der Waals surface area (Å²) in [4.78, 5) is 12.8. The van der Waals surface area contributed by atoms with E-state index in [0.29, 0.717) is 18.8 Å². The molecule has 0 atom stereocenters. The number of sulfonamides is 1. The van der Waals surface area contributed by atoms with E-state index >= 15 is 0 Å². The Balaban J connectivity index is 2.15. The standard InChI is InChI=1S/C10H10F3N3O3S/c11-10(12,13)20(18,19)15-7-1-3-8(4-2-7)16-6-5-14-9(16)17/h1-4,15H,5-6H2,(H,14,17). The van der Waals surface area contributed by atoms with E-state index in [1.54, 1.807) is 0 Å². The van der Waals surface area contributed by atoms with Crippen LogP contribution in [0.1, 0.15) is 0 Å². The van der Waals surface area contributed by atoms with Crippen LogP contribution in [0.5, 0.6) is 0 Å². The minimum Gasteiger partial charge on any atom is -0.336 e. The fraction of sp³-hybridized carbons (Fsp3) is 0.300. The van der Waals surface area contributed by atoms with E-state index in [1.165, 1.54) is 21.8 Å². The maximum atomic E-state index is 12.2. The van der Waals surface area contributed by atoms with Crippen LogP contribution in [0.15, 0.2) is 24.3 Å². The first-order valence-electron chi connectivity index (χ1n) is 5.45. The molecule has 20 heavy (non-hydrogen) atoms. The molecule has 10 heteroatoms. The highest BCUT2D eigenvalue weighted by atomic mass is 32.2. The number of alkyl halides is 3. The molecular formula is C10H10F3N3O3S. The predicted molar refractivity (Wildman–Crippen MR) is 65.8 cm³/mol. The summed E-state index contributed by atoms with van der Waals surface area (Å²) in [5, 5.41) is 2.57. The van der Waals surface area contributed by atoms with Gasteiger partial charge in [-0.1, -0.05) is 0 Å². The van der Waals surface area contributed by atoms with Gasteiger partial charge in [-0.15, -0.1) is 0 Å². The number of hydrogen-bond donors (Lipinski definition) is 2. The summed E-state index contributed by atoms with van der Waals surface area (Å²) in [6, 6.07) is 4.72. The molecule has 1 fully saturated rings. The van der Waals surface area contributed by atoms with Crippen molar-refractivity contribution in [1.82, 2.24) is 5.32 Å². The van der Waals surface area contributed by atoms with Crippen molar-refractivity contribution < 1.29 is 26.4 Å². The maximum absolute atomic E-state index is 12.2. The van der Waals surface area contributed by atoms with Gasteiger partial charge < -0.3 is 5.32 Å². The molecule has 1 aromatic rings. The number of nitrogens with zero attached hydrogens (tertiary/aromatic N) is 1. The number of benzene rings is 1. The number of carbonyl (C=O) groups is 1. The maximum Gasteiger partial charge on any atom is 0.516 e. The Bertz CT molecular complexity index is 613. The topological polar surface area (TPSA) is 78.5 Å². The van der Waals surface area contributed by atoms with Crippen LogP contribution in [-0.2, 0) is 10.0 Å². The fourth-order valence-corrected chi connectivity index (χ4v) is 2.20. The molecule has 6 nitrogen and oxygen atoms in total. The molecule has 2 amide bonds. The van der Waals surface area contributed by atoms with Gasteiger partial charge in [0.15, 0.2) is 0 Å². The molecule has 2 N–H and O–H groups in total. The van der Waals surface area contributed by atoms with Crippen molar-refractivity contribution in [2.24, 2.45) is 0 Å². The molecule has 1 aliphatic heterocycles. The van der Waals surface area contributed by atoms with E-state index in [4.69, 9.17) is 0 Å². The lowest BCUT2D eigenvalue weighted by atomic mass is 10.2. The molecule has 1 heterocycles. The van der Waals surface area contributed by atoms with Crippen LogP contribution in [-0.4, -0.2) is 33.0 Å². The number of carbonyl (C=O) groups excluding carboxylic acids is 1. The normalized spacial score (nSPS) is 16.1. The summed E-state index contributed by atoms with van der Waals surface area (Å²) in [5.41, 5.74) is -5.14. The molecule has 0 spiro atoms. The minimum absolute atomic E-state index is 0.231. The van der Waals surface area contributed by atoms with Crippen LogP contribution in [0.3, 0.4) is 0 Å². The van der Waals surface area contributed by atoms with E-state index in [9.17, 15) is 26.4 Å². The van der Waals surface area contributed by atoms with Crippen LogP contribution in [0.2, 0.25) is 0 Å². The third kappa shape index (κ3) is 2.79. The van der Waals surface area contributed by atoms with Gasteiger partial charge in [0.05, 0.1) is 0 Å². The van der Waals surface area contributed by atoms with Crippen molar-refractivity contribution >= 4 is 27.4 Å². The third-order valence-corrected chi connectivity index (χ3v) is 3.71. The van der Waals surface area contributed by atoms with E-state index in [1.807, 2.05) is 0 Å². The van der Waals surface area contributed by atoms with Gasteiger partial charge in [0.1, 0.15) is 0 Å². The average molecular weight is 309 g/mol. The van der Waals surface area contributed by atoms with Gasteiger partial charge >= 0.3 is 21.6 Å². The second-order valence-corrected chi connectivity index (χ2v) is 5.66. The number of nitrogens with one attached hydrogen (secondary N) is 2. The summed E-state index contributed by atoms with van der Waals surface area (Å²) in [6.45, 7) is 0.910. The zero-order valence-corrected chi connectivity index (χ0v) is 10.8. The predicted octanol–water partition coefficient (Wildman–Crippen LogP) is 1.48. The Morgan fingerprint density at radius 3 is 2.25 bits per heavy atom. The molecule has 0 radical (unpaired) electrons. The highest BCUT2D eigenvalue weighted by Gasteiger charge is 2.46. The van der Waals surface area contributed by atoms with Gasteiger partial charge in [0, 0.05) is 24.5 Å². The van der Waals surface area contributed by atoms with Crippen molar-refractivity contribution in [2.75, 3.05) is 22.7 Å². The molecule has 110 valence electrons. The molecule has 0 aromatic heterocycles. The molecule has 0 bridgehead atoms. The summed E-state index contributed by atoms with van der Waals surface area (Å²) in [6.07, 6.45) is 0. The first-order chi connectivity index (χ1) is 9.21. The van der Waals surface area contributed by atoms with Crippen molar-refractivity contribution in [3.8, 4) is 0 Å². The number of halogens is 3. The van der Waals surface area contributed by atoms with Crippen molar-refractivity contribution in [3.05, 3.63) is 24.3 Å². The number of amides is 2. The number of anilines is 2. The minimum atomic E-state index is -5.44. The molecular weight excluding hydrogens is 299 g/mol. The Labute approximate surface area is 112 Å². The van der Waals surface area contributed by atoms with E-state index < -0.39 is 15.5 Å². The van der Waals surface area contributed by atoms with E-state index in [-0.39, 0.29) is 11.7 Å². The van der Waals surface area contributed by atoms with Crippen LogP contribution >= 0.6 is 0 Å². The lowest BCUT2D eigenvalue weighted by Gasteiger charge is -2.15. The van der Waals surface area contributed by atoms with Crippen molar-refractivity contribution in [3.63, 3.8) is 0 Å². The summed E-state index contributed by atoms with van der Waals surface area (Å²) >= 11 is 0. The van der Waals surface area contributed by atoms with Crippen LogP contribution in [0, 0.1) is 0 Å². The van der Waals surface area contributed by atoms with Gasteiger partial charge in [-0.25, -0.2) is 4.79 Å². The van der Waals surface area contributed by atoms with Gasteiger partial charge in [0.25, 0.3) is 0 Å². The molecule has 0 unspecified atom stereocenters. The second-order valence-electron chi connectivity index (χ2n) is 3.98. The van der Waals surface area contributed by atoms with Gasteiger partial charge in [-0.3, -0.25) is 9.62 Å². The van der Waals surface area contributed by atoms with Crippen LogP contribution < -0.4 is 14.9 Å². The second kappa shape index (κ2) is 4.85. The molecule has 1 saturated heterocycles. The quantitative estimate of drug-likeness (QED) is 0.887. The van der Waals surface area contributed by atoms with E-state index in [0.717, 1.165) is 12.1 Å². The highest BCUT2D eigenvalue weighted by molar-refractivity contribution is 7.93. The van der Waals surface area contributed by atoms with E-state index in [2.05, 4.69) is 5.32 Å². The zero-order chi connectivity index (χ0) is 15.0. The number of urea groups is 1. The molecule has 0 aliphatic carbocycles. The highest BCUT2D eigenvalue weighted by Crippen LogP contribution is 2.26. The van der Waals surface area contributed by atoms with Crippen LogP contribution in [0.4, 0.5) is 29.3 Å². The first kappa shape index (κ1) is 14.4. The molecule has 1 aliphatic rings. The van der Waals surface area contributed by atoms with Crippen molar-refractivity contribution in [1.29, 1.82) is 0 Å². The van der Waals surface area contributed by atoms with Gasteiger partial charge in [0.2, 0.25) is 0 Å². The first-order valence-corrected chi connectivity index (χ1v) is 6.93.